The number of fused-ring (bicyclic) bond motifs is 2. The molecule has 1 N–H and O–H groups in total. The highest BCUT2D eigenvalue weighted by Crippen LogP contribution is 2.26. The van der Waals surface area contributed by atoms with Crippen molar-refractivity contribution in [3.8, 4) is 5.75 Å². The van der Waals surface area contributed by atoms with E-state index in [2.05, 4.69) is 32.2 Å². The van der Waals surface area contributed by atoms with Gasteiger partial charge in [0.2, 0.25) is 11.9 Å². The molecule has 0 unspecified atom stereocenters. The van der Waals surface area contributed by atoms with Crippen LogP contribution in [0, 0.1) is 12.8 Å². The first-order valence-electron chi connectivity index (χ1n) is 8.52. The van der Waals surface area contributed by atoms with Gasteiger partial charge in [-0.05, 0) is 37.5 Å². The molecule has 2 aromatic heterocycles. The SMILES string of the molecule is COc1ccc2nc(Nc3ncc4c(n3)C[C@H](C)CC4=O)nc(C)c2c1. The Morgan fingerprint density at radius 2 is 2.00 bits per heavy atom. The minimum Gasteiger partial charge on any atom is -0.497 e. The van der Waals surface area contributed by atoms with Gasteiger partial charge in [-0.3, -0.25) is 10.1 Å². The number of benzene rings is 1. The lowest BCUT2D eigenvalue weighted by molar-refractivity contribution is 0.0951. The predicted octanol–water partition coefficient (Wildman–Crippen LogP) is 3.25. The van der Waals surface area contributed by atoms with Gasteiger partial charge in [-0.25, -0.2) is 19.9 Å². The summed E-state index contributed by atoms with van der Waals surface area (Å²) < 4.78 is 5.25. The highest BCUT2D eigenvalue weighted by atomic mass is 16.5. The van der Waals surface area contributed by atoms with Crippen molar-refractivity contribution in [1.82, 2.24) is 19.9 Å². The summed E-state index contributed by atoms with van der Waals surface area (Å²) >= 11 is 0. The molecule has 7 nitrogen and oxygen atoms in total. The topological polar surface area (TPSA) is 89.9 Å². The molecule has 1 atom stereocenters. The van der Waals surface area contributed by atoms with Crippen LogP contribution in [0.4, 0.5) is 11.9 Å². The molecule has 3 aromatic rings. The summed E-state index contributed by atoms with van der Waals surface area (Å²) in [5.74, 6) is 2.00. The van der Waals surface area contributed by atoms with Crippen molar-refractivity contribution in [1.29, 1.82) is 0 Å². The van der Waals surface area contributed by atoms with Crippen molar-refractivity contribution >= 4 is 28.6 Å². The summed E-state index contributed by atoms with van der Waals surface area (Å²) in [7, 11) is 1.63. The molecule has 4 rings (SSSR count). The van der Waals surface area contributed by atoms with Gasteiger partial charge in [0.25, 0.3) is 0 Å². The number of rotatable bonds is 3. The lowest BCUT2D eigenvalue weighted by Crippen LogP contribution is -2.20. The second-order valence-electron chi connectivity index (χ2n) is 6.63. The second-order valence-corrected chi connectivity index (χ2v) is 6.63. The molecule has 1 aliphatic rings. The number of anilines is 2. The number of hydrogen-bond donors (Lipinski definition) is 1. The second kappa shape index (κ2) is 6.33. The Hall–Kier alpha value is -3.09. The number of ether oxygens (including phenoxy) is 1. The van der Waals surface area contributed by atoms with E-state index in [1.807, 2.05) is 25.1 Å². The van der Waals surface area contributed by atoms with E-state index < -0.39 is 0 Å². The molecule has 7 heteroatoms. The Morgan fingerprint density at radius 3 is 2.81 bits per heavy atom. The van der Waals surface area contributed by atoms with Crippen LogP contribution in [0.3, 0.4) is 0 Å². The molecule has 0 saturated carbocycles. The third-order valence-electron chi connectivity index (χ3n) is 4.56. The third kappa shape index (κ3) is 2.96. The van der Waals surface area contributed by atoms with Crippen LogP contribution >= 0.6 is 0 Å². The van der Waals surface area contributed by atoms with Gasteiger partial charge in [-0.2, -0.15) is 0 Å². The number of ketones is 1. The minimum atomic E-state index is 0.108. The maximum absolute atomic E-state index is 12.1. The number of aryl methyl sites for hydroxylation is 1. The van der Waals surface area contributed by atoms with E-state index in [0.29, 0.717) is 29.8 Å². The fourth-order valence-corrected chi connectivity index (χ4v) is 3.24. The van der Waals surface area contributed by atoms with Gasteiger partial charge < -0.3 is 4.74 Å². The van der Waals surface area contributed by atoms with Crippen LogP contribution < -0.4 is 10.1 Å². The maximum Gasteiger partial charge on any atom is 0.230 e. The van der Waals surface area contributed by atoms with Gasteiger partial charge in [0.1, 0.15) is 5.75 Å². The number of carbonyl (C=O) groups excluding carboxylic acids is 1. The molecule has 0 aliphatic heterocycles. The summed E-state index contributed by atoms with van der Waals surface area (Å²) in [6, 6.07) is 5.67. The van der Waals surface area contributed by atoms with Gasteiger partial charge in [0.05, 0.1) is 29.6 Å². The summed E-state index contributed by atoms with van der Waals surface area (Å²) in [5, 5.41) is 3.99. The molecule has 0 radical (unpaired) electrons. The maximum atomic E-state index is 12.1. The fraction of sp³-hybridized carbons (Fsp3) is 0.316. The van der Waals surface area contributed by atoms with E-state index in [-0.39, 0.29) is 5.78 Å². The van der Waals surface area contributed by atoms with Crippen LogP contribution in [0.15, 0.2) is 24.4 Å². The Labute approximate surface area is 150 Å². The summed E-state index contributed by atoms with van der Waals surface area (Å²) in [6.45, 7) is 3.98. The zero-order chi connectivity index (χ0) is 18.3. The van der Waals surface area contributed by atoms with E-state index in [1.165, 1.54) is 0 Å². The number of carbonyl (C=O) groups is 1. The molecule has 1 aromatic carbocycles. The van der Waals surface area contributed by atoms with Gasteiger partial charge >= 0.3 is 0 Å². The number of methoxy groups -OCH3 is 1. The van der Waals surface area contributed by atoms with Gasteiger partial charge in [0, 0.05) is 18.0 Å². The molecule has 0 spiro atoms. The summed E-state index contributed by atoms with van der Waals surface area (Å²) in [6.07, 6.45) is 2.92. The standard InChI is InChI=1S/C19H19N5O2/c1-10-6-16-14(17(25)7-10)9-20-18(23-16)24-19-21-11(2)13-8-12(26-3)4-5-15(13)22-19/h4-5,8-10H,6-7H2,1-3H3,(H,20,21,22,23,24)/t10-/m0/s1. The number of Topliss-reactive ketones (excluding diaryl/α,β-unsaturated/α-hetero) is 1. The van der Waals surface area contributed by atoms with Crippen molar-refractivity contribution in [3.63, 3.8) is 0 Å². The molecule has 132 valence electrons. The Morgan fingerprint density at radius 1 is 1.15 bits per heavy atom. The van der Waals surface area contributed by atoms with Crippen molar-refractivity contribution in [2.75, 3.05) is 12.4 Å². The highest BCUT2D eigenvalue weighted by molar-refractivity contribution is 5.98. The molecular weight excluding hydrogens is 330 g/mol. The Kier molecular flexibility index (Phi) is 3.99. The van der Waals surface area contributed by atoms with Gasteiger partial charge in [-0.1, -0.05) is 6.92 Å². The molecule has 0 fully saturated rings. The molecule has 0 saturated heterocycles. The molecule has 2 heterocycles. The quantitative estimate of drug-likeness (QED) is 0.776. The predicted molar refractivity (Wildman–Crippen MR) is 98.0 cm³/mol. The van der Waals surface area contributed by atoms with E-state index in [0.717, 1.165) is 34.5 Å². The number of nitrogens with one attached hydrogen (secondary N) is 1. The van der Waals surface area contributed by atoms with Gasteiger partial charge in [-0.15, -0.1) is 0 Å². The lowest BCUT2D eigenvalue weighted by Gasteiger charge is -2.19. The van der Waals surface area contributed by atoms with Crippen LogP contribution in [-0.2, 0) is 6.42 Å². The van der Waals surface area contributed by atoms with Crippen molar-refractivity contribution in [3.05, 3.63) is 41.3 Å². The first kappa shape index (κ1) is 16.4. The van der Waals surface area contributed by atoms with Crippen molar-refractivity contribution in [2.24, 2.45) is 5.92 Å². The largest absolute Gasteiger partial charge is 0.497 e. The van der Waals surface area contributed by atoms with Crippen LogP contribution in [-0.4, -0.2) is 32.8 Å². The van der Waals surface area contributed by atoms with E-state index in [1.54, 1.807) is 13.3 Å². The number of nitrogens with zero attached hydrogens (tertiary/aromatic N) is 4. The molecule has 0 bridgehead atoms. The minimum absolute atomic E-state index is 0.108. The van der Waals surface area contributed by atoms with E-state index >= 15 is 0 Å². The lowest BCUT2D eigenvalue weighted by atomic mass is 9.88. The molecular formula is C19H19N5O2. The number of hydrogen-bond acceptors (Lipinski definition) is 7. The van der Waals surface area contributed by atoms with Crippen LogP contribution in [0.2, 0.25) is 0 Å². The molecule has 26 heavy (non-hydrogen) atoms. The smallest absolute Gasteiger partial charge is 0.230 e. The fourth-order valence-electron chi connectivity index (χ4n) is 3.24. The highest BCUT2D eigenvalue weighted by Gasteiger charge is 2.24. The first-order chi connectivity index (χ1) is 12.5. The van der Waals surface area contributed by atoms with Crippen LogP contribution in [0.1, 0.15) is 35.1 Å². The average Bonchev–Trinajstić information content (AvgIpc) is 2.61. The third-order valence-corrected chi connectivity index (χ3v) is 4.56. The molecule has 1 aliphatic carbocycles. The Bertz CT molecular complexity index is 1020. The van der Waals surface area contributed by atoms with Crippen LogP contribution in [0.25, 0.3) is 10.9 Å². The monoisotopic (exact) mass is 349 g/mol. The first-order valence-corrected chi connectivity index (χ1v) is 8.52. The van der Waals surface area contributed by atoms with Crippen LogP contribution in [0.5, 0.6) is 5.75 Å². The zero-order valence-electron chi connectivity index (χ0n) is 14.9. The zero-order valence-corrected chi connectivity index (χ0v) is 14.9. The van der Waals surface area contributed by atoms with E-state index in [9.17, 15) is 4.79 Å². The number of aromatic nitrogens is 4. The van der Waals surface area contributed by atoms with Crippen molar-refractivity contribution in [2.45, 2.75) is 26.7 Å². The summed E-state index contributed by atoms with van der Waals surface area (Å²) in [4.78, 5) is 29.8. The van der Waals surface area contributed by atoms with E-state index in [4.69, 9.17) is 4.74 Å². The Balaban J connectivity index is 1.67. The summed E-state index contributed by atoms with van der Waals surface area (Å²) in [5.41, 5.74) is 3.05. The average molecular weight is 349 g/mol. The van der Waals surface area contributed by atoms with Crippen molar-refractivity contribution < 1.29 is 9.53 Å². The van der Waals surface area contributed by atoms with Gasteiger partial charge in [0.15, 0.2) is 5.78 Å². The molecule has 0 amide bonds. The normalized spacial score (nSPS) is 16.4.